The third kappa shape index (κ3) is 10.7. The van der Waals surface area contributed by atoms with Gasteiger partial charge in [0.25, 0.3) is 0 Å². The SMILES string of the molecule is CCC(C)C(NC(=O)C(Cc1ccc(O)cc1)NC(=O)C(Cc1ccc(O)cc1)NC(=O)C(N)CCC(N)=O)C(=O)O. The van der Waals surface area contributed by atoms with E-state index >= 15 is 0 Å². The maximum atomic E-state index is 13.6. The molecule has 13 heteroatoms. The Bertz CT molecular complexity index is 1240. The second kappa shape index (κ2) is 16.0. The van der Waals surface area contributed by atoms with Gasteiger partial charge in [-0.25, -0.2) is 4.79 Å². The van der Waals surface area contributed by atoms with Gasteiger partial charge in [-0.15, -0.1) is 0 Å². The van der Waals surface area contributed by atoms with Gasteiger partial charge >= 0.3 is 5.97 Å². The Balaban J connectivity index is 2.35. The summed E-state index contributed by atoms with van der Waals surface area (Å²) < 4.78 is 0. The molecule has 0 aliphatic carbocycles. The molecule has 13 nitrogen and oxygen atoms in total. The van der Waals surface area contributed by atoms with Crippen LogP contribution in [0, 0.1) is 5.92 Å². The number of nitrogens with one attached hydrogen (secondary N) is 3. The van der Waals surface area contributed by atoms with E-state index in [-0.39, 0.29) is 37.2 Å². The maximum absolute atomic E-state index is 13.6. The largest absolute Gasteiger partial charge is 0.508 e. The standard InChI is InChI=1S/C29H39N5O8/c1-3-16(2)25(29(41)42)34-28(40)23(15-18-6-10-20(36)11-7-18)33-27(39)22(14-17-4-8-19(35)9-5-17)32-26(38)21(30)12-13-24(31)37/h4-11,16,21-23,25,35-36H,3,12-15,30H2,1-2H3,(H2,31,37)(H,32,38)(H,33,39)(H,34,40)(H,41,42). The first-order chi connectivity index (χ1) is 19.8. The Kier molecular flexibility index (Phi) is 12.8. The predicted octanol–water partition coefficient (Wildman–Crippen LogP) is 0.0609. The second-order valence-corrected chi connectivity index (χ2v) is 10.2. The number of carbonyl (C=O) groups is 5. The number of hydrogen-bond donors (Lipinski definition) is 8. The Morgan fingerprint density at radius 3 is 1.60 bits per heavy atom. The fourth-order valence-electron chi connectivity index (χ4n) is 4.07. The number of phenolic OH excluding ortho intramolecular Hbond substituents is 2. The monoisotopic (exact) mass is 585 g/mol. The third-order valence-corrected chi connectivity index (χ3v) is 6.83. The summed E-state index contributed by atoms with van der Waals surface area (Å²) in [4.78, 5) is 62.7. The van der Waals surface area contributed by atoms with Crippen LogP contribution in [-0.2, 0) is 36.8 Å². The smallest absolute Gasteiger partial charge is 0.326 e. The number of hydrogen-bond acceptors (Lipinski definition) is 8. The van der Waals surface area contributed by atoms with Crippen LogP contribution in [0.5, 0.6) is 11.5 Å². The minimum absolute atomic E-state index is 0.00261. The molecule has 0 aliphatic heterocycles. The minimum Gasteiger partial charge on any atom is -0.508 e. The molecule has 0 heterocycles. The van der Waals surface area contributed by atoms with Gasteiger partial charge in [0.15, 0.2) is 0 Å². The summed E-state index contributed by atoms with van der Waals surface area (Å²) in [5.41, 5.74) is 12.2. The molecule has 0 fully saturated rings. The van der Waals surface area contributed by atoms with Crippen molar-refractivity contribution in [2.45, 2.75) is 70.1 Å². The first-order valence-corrected chi connectivity index (χ1v) is 13.5. The van der Waals surface area contributed by atoms with Gasteiger partial charge in [-0.2, -0.15) is 0 Å². The summed E-state index contributed by atoms with van der Waals surface area (Å²) in [6.07, 6.45) is 0.191. The van der Waals surface area contributed by atoms with Crippen molar-refractivity contribution in [1.82, 2.24) is 16.0 Å². The van der Waals surface area contributed by atoms with Crippen molar-refractivity contribution < 1.29 is 39.3 Å². The second-order valence-electron chi connectivity index (χ2n) is 10.2. The Hall–Kier alpha value is -4.65. The molecule has 10 N–H and O–H groups in total. The molecule has 2 rings (SSSR count). The lowest BCUT2D eigenvalue weighted by molar-refractivity contribution is -0.143. The number of carboxylic acid groups (broad SMARTS) is 1. The average molecular weight is 586 g/mol. The van der Waals surface area contributed by atoms with Crippen molar-refractivity contribution in [3.05, 3.63) is 59.7 Å². The molecule has 0 aromatic heterocycles. The highest BCUT2D eigenvalue weighted by Crippen LogP contribution is 2.15. The number of carboxylic acids is 1. The number of phenols is 2. The van der Waals surface area contributed by atoms with E-state index in [0.717, 1.165) is 0 Å². The van der Waals surface area contributed by atoms with E-state index in [2.05, 4.69) is 16.0 Å². The number of primary amides is 1. The minimum atomic E-state index is -1.25. The molecule has 0 saturated heterocycles. The van der Waals surface area contributed by atoms with Crippen LogP contribution in [0.1, 0.15) is 44.2 Å². The van der Waals surface area contributed by atoms with Gasteiger partial charge in [0.05, 0.1) is 6.04 Å². The summed E-state index contributed by atoms with van der Waals surface area (Å²) in [7, 11) is 0. The van der Waals surface area contributed by atoms with Gasteiger partial charge in [0.1, 0.15) is 29.6 Å². The quantitative estimate of drug-likeness (QED) is 0.133. The van der Waals surface area contributed by atoms with E-state index in [1.54, 1.807) is 38.1 Å². The van der Waals surface area contributed by atoms with Crippen LogP contribution in [0.25, 0.3) is 0 Å². The molecule has 0 radical (unpaired) electrons. The Morgan fingerprint density at radius 1 is 0.762 bits per heavy atom. The van der Waals surface area contributed by atoms with Crippen LogP contribution in [0.3, 0.4) is 0 Å². The fourth-order valence-corrected chi connectivity index (χ4v) is 4.07. The molecule has 0 saturated carbocycles. The normalized spacial score (nSPS) is 14.5. The van der Waals surface area contributed by atoms with Crippen molar-refractivity contribution in [3.63, 3.8) is 0 Å². The van der Waals surface area contributed by atoms with Crippen LogP contribution in [0.4, 0.5) is 0 Å². The highest BCUT2D eigenvalue weighted by atomic mass is 16.4. The average Bonchev–Trinajstić information content (AvgIpc) is 2.95. The molecule has 0 spiro atoms. The van der Waals surface area contributed by atoms with Crippen LogP contribution >= 0.6 is 0 Å². The van der Waals surface area contributed by atoms with Crippen molar-refractivity contribution in [2.75, 3.05) is 0 Å². The van der Waals surface area contributed by atoms with Gasteiger partial charge in [0, 0.05) is 19.3 Å². The molecule has 5 atom stereocenters. The number of benzene rings is 2. The lowest BCUT2D eigenvalue weighted by Crippen LogP contribution is -2.58. The fraction of sp³-hybridized carbons (Fsp3) is 0.414. The molecule has 0 aliphatic rings. The number of aromatic hydroxyl groups is 2. The molecule has 2 aromatic carbocycles. The van der Waals surface area contributed by atoms with Crippen molar-refractivity contribution in [1.29, 1.82) is 0 Å². The van der Waals surface area contributed by atoms with Crippen LogP contribution in [0.2, 0.25) is 0 Å². The van der Waals surface area contributed by atoms with E-state index in [1.807, 2.05) is 0 Å². The maximum Gasteiger partial charge on any atom is 0.326 e. The van der Waals surface area contributed by atoms with Crippen LogP contribution < -0.4 is 27.4 Å². The highest BCUT2D eigenvalue weighted by molar-refractivity contribution is 5.94. The molecular weight excluding hydrogens is 546 g/mol. The topological polar surface area (TPSA) is 234 Å². The Labute approximate surface area is 243 Å². The molecule has 4 amide bonds. The zero-order valence-corrected chi connectivity index (χ0v) is 23.6. The zero-order chi connectivity index (χ0) is 31.4. The summed E-state index contributed by atoms with van der Waals surface area (Å²) in [6, 6.07) is 7.01. The molecule has 42 heavy (non-hydrogen) atoms. The summed E-state index contributed by atoms with van der Waals surface area (Å²) in [6.45, 7) is 3.46. The summed E-state index contributed by atoms with van der Waals surface area (Å²) in [5.74, 6) is -4.51. The zero-order valence-electron chi connectivity index (χ0n) is 23.6. The van der Waals surface area contributed by atoms with E-state index in [4.69, 9.17) is 11.5 Å². The number of aliphatic carboxylic acids is 1. The van der Waals surface area contributed by atoms with Crippen molar-refractivity contribution >= 4 is 29.6 Å². The molecule has 2 aromatic rings. The van der Waals surface area contributed by atoms with Gasteiger partial charge in [-0.1, -0.05) is 44.5 Å². The van der Waals surface area contributed by atoms with Gasteiger partial charge in [-0.3, -0.25) is 19.2 Å². The highest BCUT2D eigenvalue weighted by Gasteiger charge is 2.32. The Morgan fingerprint density at radius 2 is 1.19 bits per heavy atom. The summed E-state index contributed by atoms with van der Waals surface area (Å²) >= 11 is 0. The van der Waals surface area contributed by atoms with Crippen molar-refractivity contribution in [3.8, 4) is 11.5 Å². The van der Waals surface area contributed by atoms with E-state index in [0.29, 0.717) is 17.5 Å². The number of amides is 4. The lowest BCUT2D eigenvalue weighted by atomic mass is 9.97. The van der Waals surface area contributed by atoms with Gasteiger partial charge in [-0.05, 0) is 47.7 Å². The number of nitrogens with two attached hydrogens (primary N) is 2. The lowest BCUT2D eigenvalue weighted by Gasteiger charge is -2.27. The first kappa shape index (κ1) is 33.6. The van der Waals surface area contributed by atoms with Gasteiger partial charge < -0.3 is 42.7 Å². The predicted molar refractivity (Wildman–Crippen MR) is 153 cm³/mol. The van der Waals surface area contributed by atoms with Crippen molar-refractivity contribution in [2.24, 2.45) is 17.4 Å². The molecular formula is C29H39N5O8. The summed E-state index contributed by atoms with van der Waals surface area (Å²) in [5, 5.41) is 36.6. The van der Waals surface area contributed by atoms with E-state index in [1.165, 1.54) is 24.3 Å². The van der Waals surface area contributed by atoms with E-state index < -0.39 is 59.7 Å². The molecule has 5 unspecified atom stereocenters. The van der Waals surface area contributed by atoms with Crippen LogP contribution in [-0.4, -0.2) is 69.1 Å². The molecule has 228 valence electrons. The van der Waals surface area contributed by atoms with Gasteiger partial charge in [0.2, 0.25) is 23.6 Å². The van der Waals surface area contributed by atoms with E-state index in [9.17, 15) is 39.3 Å². The third-order valence-electron chi connectivity index (χ3n) is 6.83. The first-order valence-electron chi connectivity index (χ1n) is 13.5. The number of carbonyl (C=O) groups excluding carboxylic acids is 4. The van der Waals surface area contributed by atoms with Crippen LogP contribution in [0.15, 0.2) is 48.5 Å². The number of rotatable bonds is 16. The molecule has 0 bridgehead atoms.